The molecule has 2 atom stereocenters. The standard InChI is InChI=1S/C13H19ClN2/c1-10-9-12(15-2)7-8-16(10)13-5-3-11(14)4-6-13/h3-6,10,12,15H,7-9H2,1-2H3. The zero-order valence-corrected chi connectivity index (χ0v) is 10.7. The fourth-order valence-corrected chi connectivity index (χ4v) is 2.58. The Balaban J connectivity index is 2.08. The van der Waals surface area contributed by atoms with Crippen LogP contribution in [0.1, 0.15) is 19.8 Å². The van der Waals surface area contributed by atoms with Gasteiger partial charge in [0.05, 0.1) is 0 Å². The van der Waals surface area contributed by atoms with E-state index in [1.807, 2.05) is 12.1 Å². The molecule has 3 heteroatoms. The first-order valence-corrected chi connectivity index (χ1v) is 6.28. The average molecular weight is 239 g/mol. The molecular formula is C13H19ClN2. The first kappa shape index (κ1) is 11.7. The van der Waals surface area contributed by atoms with Crippen molar-refractivity contribution in [1.82, 2.24) is 5.32 Å². The van der Waals surface area contributed by atoms with E-state index in [1.54, 1.807) is 0 Å². The Kier molecular flexibility index (Phi) is 3.72. The number of rotatable bonds is 2. The quantitative estimate of drug-likeness (QED) is 0.853. The third kappa shape index (κ3) is 2.50. The normalized spacial score (nSPS) is 25.8. The largest absolute Gasteiger partial charge is 0.369 e. The molecular weight excluding hydrogens is 220 g/mol. The van der Waals surface area contributed by atoms with Crippen LogP contribution >= 0.6 is 11.6 Å². The van der Waals surface area contributed by atoms with E-state index in [2.05, 4.69) is 36.3 Å². The van der Waals surface area contributed by atoms with E-state index in [4.69, 9.17) is 11.6 Å². The summed E-state index contributed by atoms with van der Waals surface area (Å²) in [6, 6.07) is 9.41. The maximum atomic E-state index is 5.90. The monoisotopic (exact) mass is 238 g/mol. The van der Waals surface area contributed by atoms with Crippen molar-refractivity contribution in [2.45, 2.75) is 31.8 Å². The lowest BCUT2D eigenvalue weighted by molar-refractivity contribution is 0.387. The molecule has 0 aliphatic carbocycles. The van der Waals surface area contributed by atoms with Gasteiger partial charge in [-0.3, -0.25) is 0 Å². The molecule has 1 heterocycles. The van der Waals surface area contributed by atoms with Gasteiger partial charge in [0.25, 0.3) is 0 Å². The highest BCUT2D eigenvalue weighted by Gasteiger charge is 2.24. The Hall–Kier alpha value is -0.730. The molecule has 0 saturated carbocycles. The first-order valence-electron chi connectivity index (χ1n) is 5.90. The minimum absolute atomic E-state index is 0.590. The molecule has 1 aliphatic heterocycles. The second-order valence-corrected chi connectivity index (χ2v) is 4.97. The summed E-state index contributed by atoms with van der Waals surface area (Å²) < 4.78 is 0. The molecule has 2 nitrogen and oxygen atoms in total. The maximum Gasteiger partial charge on any atom is 0.0407 e. The molecule has 1 aromatic rings. The van der Waals surface area contributed by atoms with Crippen LogP contribution in [0.2, 0.25) is 5.02 Å². The van der Waals surface area contributed by atoms with Crippen LogP contribution in [-0.2, 0) is 0 Å². The van der Waals surface area contributed by atoms with Crippen LogP contribution in [0, 0.1) is 0 Å². The van der Waals surface area contributed by atoms with E-state index in [0.29, 0.717) is 12.1 Å². The van der Waals surface area contributed by atoms with E-state index in [1.165, 1.54) is 18.5 Å². The molecule has 1 fully saturated rings. The van der Waals surface area contributed by atoms with Gasteiger partial charge in [-0.25, -0.2) is 0 Å². The summed E-state index contributed by atoms with van der Waals surface area (Å²) in [5.41, 5.74) is 1.28. The molecule has 1 saturated heterocycles. The van der Waals surface area contributed by atoms with Crippen molar-refractivity contribution in [2.24, 2.45) is 0 Å². The molecule has 2 unspecified atom stereocenters. The fourth-order valence-electron chi connectivity index (χ4n) is 2.45. The molecule has 1 aromatic carbocycles. The minimum Gasteiger partial charge on any atom is -0.369 e. The van der Waals surface area contributed by atoms with Gasteiger partial charge in [0, 0.05) is 29.3 Å². The van der Waals surface area contributed by atoms with E-state index < -0.39 is 0 Å². The van der Waals surface area contributed by atoms with Crippen molar-refractivity contribution < 1.29 is 0 Å². The second kappa shape index (κ2) is 5.07. The maximum absolute atomic E-state index is 5.90. The van der Waals surface area contributed by atoms with Gasteiger partial charge >= 0.3 is 0 Å². The van der Waals surface area contributed by atoms with E-state index in [-0.39, 0.29) is 0 Å². The van der Waals surface area contributed by atoms with Gasteiger partial charge in [0.15, 0.2) is 0 Å². The van der Waals surface area contributed by atoms with Crippen molar-refractivity contribution in [1.29, 1.82) is 0 Å². The Morgan fingerprint density at radius 3 is 2.56 bits per heavy atom. The summed E-state index contributed by atoms with van der Waals surface area (Å²) in [5, 5.41) is 4.17. The second-order valence-electron chi connectivity index (χ2n) is 4.53. The molecule has 0 radical (unpaired) electrons. The first-order chi connectivity index (χ1) is 7.70. The summed E-state index contributed by atoms with van der Waals surface area (Å²) in [6.45, 7) is 3.41. The van der Waals surface area contributed by atoms with Crippen molar-refractivity contribution in [3.63, 3.8) is 0 Å². The van der Waals surface area contributed by atoms with Gasteiger partial charge in [-0.1, -0.05) is 11.6 Å². The number of hydrogen-bond acceptors (Lipinski definition) is 2. The van der Waals surface area contributed by atoms with Crippen LogP contribution in [0.4, 0.5) is 5.69 Å². The van der Waals surface area contributed by atoms with Gasteiger partial charge in [0.1, 0.15) is 0 Å². The van der Waals surface area contributed by atoms with Crippen LogP contribution in [0.5, 0.6) is 0 Å². The summed E-state index contributed by atoms with van der Waals surface area (Å²) in [6.07, 6.45) is 2.42. The number of benzene rings is 1. The van der Waals surface area contributed by atoms with Gasteiger partial charge < -0.3 is 10.2 Å². The molecule has 0 spiro atoms. The highest BCUT2D eigenvalue weighted by molar-refractivity contribution is 6.30. The lowest BCUT2D eigenvalue weighted by Crippen LogP contribution is -2.46. The van der Waals surface area contributed by atoms with Crippen molar-refractivity contribution in [3.8, 4) is 0 Å². The molecule has 0 amide bonds. The van der Waals surface area contributed by atoms with Gasteiger partial charge in [0.2, 0.25) is 0 Å². The van der Waals surface area contributed by atoms with Crippen LogP contribution in [0.15, 0.2) is 24.3 Å². The predicted octanol–water partition coefficient (Wildman–Crippen LogP) is 2.92. The number of anilines is 1. The zero-order valence-electron chi connectivity index (χ0n) is 9.91. The minimum atomic E-state index is 0.590. The third-order valence-electron chi connectivity index (χ3n) is 3.44. The Morgan fingerprint density at radius 1 is 1.31 bits per heavy atom. The molecule has 16 heavy (non-hydrogen) atoms. The van der Waals surface area contributed by atoms with Crippen LogP contribution in [0.25, 0.3) is 0 Å². The third-order valence-corrected chi connectivity index (χ3v) is 3.69. The molecule has 0 bridgehead atoms. The number of nitrogens with one attached hydrogen (secondary N) is 1. The summed E-state index contributed by atoms with van der Waals surface area (Å²) >= 11 is 5.90. The van der Waals surface area contributed by atoms with Gasteiger partial charge in [-0.15, -0.1) is 0 Å². The van der Waals surface area contributed by atoms with E-state index in [9.17, 15) is 0 Å². The van der Waals surface area contributed by atoms with Gasteiger partial charge in [-0.05, 0) is 51.1 Å². The smallest absolute Gasteiger partial charge is 0.0407 e. The summed E-state index contributed by atoms with van der Waals surface area (Å²) in [5.74, 6) is 0. The number of halogens is 1. The topological polar surface area (TPSA) is 15.3 Å². The zero-order chi connectivity index (χ0) is 11.5. The van der Waals surface area contributed by atoms with Crippen LogP contribution in [0.3, 0.4) is 0 Å². The highest BCUT2D eigenvalue weighted by atomic mass is 35.5. The number of hydrogen-bond donors (Lipinski definition) is 1. The molecule has 0 aromatic heterocycles. The number of nitrogens with zero attached hydrogens (tertiary/aromatic N) is 1. The molecule has 88 valence electrons. The Labute approximate surface area is 103 Å². The molecule has 1 N–H and O–H groups in total. The van der Waals surface area contributed by atoms with Gasteiger partial charge in [-0.2, -0.15) is 0 Å². The van der Waals surface area contributed by atoms with E-state index in [0.717, 1.165) is 11.6 Å². The lowest BCUT2D eigenvalue weighted by Gasteiger charge is -2.39. The predicted molar refractivity (Wildman–Crippen MR) is 70.3 cm³/mol. The van der Waals surface area contributed by atoms with Crippen LogP contribution in [-0.4, -0.2) is 25.7 Å². The lowest BCUT2D eigenvalue weighted by atomic mass is 9.98. The SMILES string of the molecule is CNC1CCN(c2ccc(Cl)cc2)C(C)C1. The van der Waals surface area contributed by atoms with Crippen molar-refractivity contribution in [3.05, 3.63) is 29.3 Å². The average Bonchev–Trinajstić information content (AvgIpc) is 2.30. The molecule has 2 rings (SSSR count). The van der Waals surface area contributed by atoms with Crippen LogP contribution < -0.4 is 10.2 Å². The van der Waals surface area contributed by atoms with E-state index >= 15 is 0 Å². The van der Waals surface area contributed by atoms with Crippen molar-refractivity contribution in [2.75, 3.05) is 18.5 Å². The van der Waals surface area contributed by atoms with Crippen molar-refractivity contribution >= 4 is 17.3 Å². The molecule has 1 aliphatic rings. The Morgan fingerprint density at radius 2 is 2.00 bits per heavy atom. The summed E-state index contributed by atoms with van der Waals surface area (Å²) in [7, 11) is 2.05. The highest BCUT2D eigenvalue weighted by Crippen LogP contribution is 2.25. The Bertz CT molecular complexity index is 336. The fraction of sp³-hybridized carbons (Fsp3) is 0.538. The summed E-state index contributed by atoms with van der Waals surface area (Å²) in [4.78, 5) is 2.46. The number of piperidine rings is 1.